The van der Waals surface area contributed by atoms with Crippen LogP contribution in [0.1, 0.15) is 25.5 Å². The molecule has 1 aromatic rings. The summed E-state index contributed by atoms with van der Waals surface area (Å²) >= 11 is 5.85. The van der Waals surface area contributed by atoms with Crippen molar-refractivity contribution >= 4 is 23.2 Å². The lowest BCUT2D eigenvalue weighted by atomic mass is 9.95. The van der Waals surface area contributed by atoms with E-state index >= 15 is 0 Å². The third kappa shape index (κ3) is 4.89. The predicted octanol–water partition coefficient (Wildman–Crippen LogP) is 2.74. The number of nitrogens with zero attached hydrogens (tertiary/aromatic N) is 2. The van der Waals surface area contributed by atoms with Crippen molar-refractivity contribution in [2.45, 2.75) is 19.9 Å². The highest BCUT2D eigenvalue weighted by Gasteiger charge is 2.27. The molecule has 5 heteroatoms. The van der Waals surface area contributed by atoms with E-state index in [1.807, 2.05) is 42.0 Å². The number of hydrogen-bond acceptors (Lipinski definition) is 3. The van der Waals surface area contributed by atoms with Gasteiger partial charge in [-0.05, 0) is 45.6 Å². The first-order chi connectivity index (χ1) is 10.2. The molecule has 4 nitrogen and oxygen atoms in total. The third-order valence-electron chi connectivity index (χ3n) is 3.82. The van der Waals surface area contributed by atoms with Gasteiger partial charge in [-0.3, -0.25) is 4.79 Å². The molecule has 0 radical (unpaired) electrons. The molecule has 1 atom stereocenters. The van der Waals surface area contributed by atoms with Crippen LogP contribution in [0.25, 0.3) is 0 Å². The SMILES string of the molecule is CN(C)c1ccc(C(CNC(=O)C(C)(C)CCl)N(C)C)cc1. The van der Waals surface area contributed by atoms with E-state index in [0.29, 0.717) is 12.4 Å². The Hall–Kier alpha value is -1.26. The first-order valence-electron chi connectivity index (χ1n) is 7.47. The smallest absolute Gasteiger partial charge is 0.226 e. The molecule has 0 saturated heterocycles. The van der Waals surface area contributed by atoms with Crippen LogP contribution in [0.5, 0.6) is 0 Å². The summed E-state index contributed by atoms with van der Waals surface area (Å²) in [7, 11) is 8.08. The average molecular weight is 326 g/mol. The number of rotatable bonds is 7. The van der Waals surface area contributed by atoms with Gasteiger partial charge >= 0.3 is 0 Å². The van der Waals surface area contributed by atoms with Gasteiger partial charge in [-0.2, -0.15) is 0 Å². The van der Waals surface area contributed by atoms with Gasteiger partial charge in [0.1, 0.15) is 0 Å². The van der Waals surface area contributed by atoms with Crippen LogP contribution >= 0.6 is 11.6 Å². The molecular formula is C17H28ClN3O. The van der Waals surface area contributed by atoms with Gasteiger partial charge in [-0.1, -0.05) is 12.1 Å². The molecule has 1 unspecified atom stereocenters. The molecule has 22 heavy (non-hydrogen) atoms. The minimum absolute atomic E-state index is 0.0146. The zero-order chi connectivity index (χ0) is 16.9. The number of anilines is 1. The fraction of sp³-hybridized carbons (Fsp3) is 0.588. The van der Waals surface area contributed by atoms with Crippen molar-refractivity contribution in [3.8, 4) is 0 Å². The first-order valence-corrected chi connectivity index (χ1v) is 8.00. The summed E-state index contributed by atoms with van der Waals surface area (Å²) in [5.74, 6) is 0.294. The Balaban J connectivity index is 2.80. The van der Waals surface area contributed by atoms with Crippen molar-refractivity contribution in [2.24, 2.45) is 5.41 Å². The molecule has 0 spiro atoms. The quantitative estimate of drug-likeness (QED) is 0.783. The maximum absolute atomic E-state index is 12.2. The molecule has 0 aliphatic carbocycles. The van der Waals surface area contributed by atoms with Crippen molar-refractivity contribution in [1.29, 1.82) is 0 Å². The van der Waals surface area contributed by atoms with Gasteiger partial charge < -0.3 is 15.1 Å². The van der Waals surface area contributed by atoms with Crippen LogP contribution in [0.15, 0.2) is 24.3 Å². The van der Waals surface area contributed by atoms with E-state index in [0.717, 1.165) is 5.69 Å². The van der Waals surface area contributed by atoms with E-state index in [1.54, 1.807) is 0 Å². The van der Waals surface area contributed by atoms with E-state index in [-0.39, 0.29) is 11.9 Å². The normalized spacial score (nSPS) is 13.1. The zero-order valence-electron chi connectivity index (χ0n) is 14.5. The number of likely N-dealkylation sites (N-methyl/N-ethyl adjacent to an activating group) is 1. The highest BCUT2D eigenvalue weighted by atomic mass is 35.5. The highest BCUT2D eigenvalue weighted by Crippen LogP contribution is 2.22. The number of benzene rings is 1. The Morgan fingerprint density at radius 1 is 1.18 bits per heavy atom. The number of carbonyl (C=O) groups is 1. The molecule has 1 aromatic carbocycles. The van der Waals surface area contributed by atoms with Gasteiger partial charge in [0.05, 0.1) is 11.5 Å². The minimum Gasteiger partial charge on any atom is -0.378 e. The molecule has 0 aromatic heterocycles. The van der Waals surface area contributed by atoms with Crippen molar-refractivity contribution in [3.05, 3.63) is 29.8 Å². The average Bonchev–Trinajstić information content (AvgIpc) is 2.47. The number of nitrogens with one attached hydrogen (secondary N) is 1. The van der Waals surface area contributed by atoms with E-state index in [1.165, 1.54) is 5.56 Å². The standard InChI is InChI=1S/C17H28ClN3O/c1-17(2,12-18)16(22)19-11-15(21(5)6)13-7-9-14(10-8-13)20(3)4/h7-10,15H,11-12H2,1-6H3,(H,19,22). The summed E-state index contributed by atoms with van der Waals surface area (Å²) in [6.07, 6.45) is 0. The van der Waals surface area contributed by atoms with Crippen LogP contribution in [-0.2, 0) is 4.79 Å². The van der Waals surface area contributed by atoms with E-state index in [2.05, 4.69) is 39.4 Å². The molecule has 1 N–H and O–H groups in total. The third-order valence-corrected chi connectivity index (χ3v) is 4.49. The lowest BCUT2D eigenvalue weighted by Crippen LogP contribution is -2.42. The van der Waals surface area contributed by atoms with Crippen LogP contribution in [0.4, 0.5) is 5.69 Å². The van der Waals surface area contributed by atoms with Crippen LogP contribution < -0.4 is 10.2 Å². The Labute approximate surface area is 139 Å². The number of amides is 1. The molecule has 0 bridgehead atoms. The van der Waals surface area contributed by atoms with Gasteiger partial charge in [-0.15, -0.1) is 11.6 Å². The van der Waals surface area contributed by atoms with Gasteiger partial charge in [0, 0.05) is 32.2 Å². The van der Waals surface area contributed by atoms with Crippen LogP contribution in [-0.4, -0.2) is 51.4 Å². The second-order valence-electron chi connectivity index (χ2n) is 6.69. The van der Waals surface area contributed by atoms with E-state index in [9.17, 15) is 4.79 Å². The highest BCUT2D eigenvalue weighted by molar-refractivity contribution is 6.19. The fourth-order valence-electron chi connectivity index (χ4n) is 2.08. The summed E-state index contributed by atoms with van der Waals surface area (Å²) in [4.78, 5) is 16.4. The summed E-state index contributed by atoms with van der Waals surface area (Å²) in [5, 5.41) is 3.02. The topological polar surface area (TPSA) is 35.6 Å². The van der Waals surface area contributed by atoms with Gasteiger partial charge in [0.2, 0.25) is 5.91 Å². The predicted molar refractivity (Wildman–Crippen MR) is 94.7 cm³/mol. The van der Waals surface area contributed by atoms with Crippen molar-refractivity contribution < 1.29 is 4.79 Å². The fourth-order valence-corrected chi connectivity index (χ4v) is 2.20. The molecule has 1 rings (SSSR count). The lowest BCUT2D eigenvalue weighted by molar-refractivity contribution is -0.128. The Morgan fingerprint density at radius 3 is 2.14 bits per heavy atom. The molecule has 0 fully saturated rings. The first kappa shape index (κ1) is 18.8. The summed E-state index contributed by atoms with van der Waals surface area (Å²) in [6, 6.07) is 8.54. The monoisotopic (exact) mass is 325 g/mol. The Kier molecular flexibility index (Phi) is 6.69. The zero-order valence-corrected chi connectivity index (χ0v) is 15.2. The number of halogens is 1. The number of hydrogen-bond donors (Lipinski definition) is 1. The minimum atomic E-state index is -0.548. The molecular weight excluding hydrogens is 298 g/mol. The van der Waals surface area contributed by atoms with Gasteiger partial charge in [0.15, 0.2) is 0 Å². The maximum Gasteiger partial charge on any atom is 0.226 e. The number of carbonyl (C=O) groups excluding carboxylic acids is 1. The molecule has 124 valence electrons. The second kappa shape index (κ2) is 7.84. The van der Waals surface area contributed by atoms with Crippen molar-refractivity contribution in [1.82, 2.24) is 10.2 Å². The van der Waals surface area contributed by atoms with Crippen LogP contribution in [0.2, 0.25) is 0 Å². The lowest BCUT2D eigenvalue weighted by Gasteiger charge is -2.28. The summed E-state index contributed by atoms with van der Waals surface area (Å²) in [5.41, 5.74) is 1.79. The van der Waals surface area contributed by atoms with Gasteiger partial charge in [0.25, 0.3) is 0 Å². The molecule has 0 saturated carbocycles. The molecule has 0 aliphatic heterocycles. The molecule has 1 amide bonds. The van der Waals surface area contributed by atoms with E-state index < -0.39 is 5.41 Å². The summed E-state index contributed by atoms with van der Waals surface area (Å²) < 4.78 is 0. The molecule has 0 aliphatic rings. The van der Waals surface area contributed by atoms with Crippen molar-refractivity contribution in [2.75, 3.05) is 45.5 Å². The van der Waals surface area contributed by atoms with Crippen LogP contribution in [0, 0.1) is 5.41 Å². The van der Waals surface area contributed by atoms with Crippen LogP contribution in [0.3, 0.4) is 0 Å². The van der Waals surface area contributed by atoms with Crippen molar-refractivity contribution in [3.63, 3.8) is 0 Å². The Morgan fingerprint density at radius 2 is 1.73 bits per heavy atom. The van der Waals surface area contributed by atoms with E-state index in [4.69, 9.17) is 11.6 Å². The maximum atomic E-state index is 12.2. The molecule has 0 heterocycles. The summed E-state index contributed by atoms with van der Waals surface area (Å²) in [6.45, 7) is 4.27. The largest absolute Gasteiger partial charge is 0.378 e. The Bertz CT molecular complexity index is 483. The number of alkyl halides is 1. The second-order valence-corrected chi connectivity index (χ2v) is 6.96. The van der Waals surface area contributed by atoms with Gasteiger partial charge in [-0.25, -0.2) is 0 Å².